The van der Waals surface area contributed by atoms with Gasteiger partial charge in [0.05, 0.1) is 0 Å². The van der Waals surface area contributed by atoms with Gasteiger partial charge in [0.2, 0.25) is 11.1 Å². The Bertz CT molecular complexity index is 879. The van der Waals surface area contributed by atoms with Crippen LogP contribution in [0.2, 0.25) is 0 Å². The van der Waals surface area contributed by atoms with E-state index in [9.17, 15) is 9.59 Å². The van der Waals surface area contributed by atoms with E-state index in [-0.39, 0.29) is 23.9 Å². The van der Waals surface area contributed by atoms with Crippen LogP contribution in [0.3, 0.4) is 0 Å². The minimum absolute atomic E-state index is 0.0657. The van der Waals surface area contributed by atoms with Gasteiger partial charge in [-0.2, -0.15) is 0 Å². The van der Waals surface area contributed by atoms with Crippen molar-refractivity contribution in [3.63, 3.8) is 0 Å². The first-order valence-corrected chi connectivity index (χ1v) is 10.8. The lowest BCUT2D eigenvalue weighted by atomic mass is 9.89. The fraction of sp³-hybridized carbons (Fsp3) is 0.471. The van der Waals surface area contributed by atoms with Crippen molar-refractivity contribution in [1.82, 2.24) is 25.1 Å². The molecule has 28 heavy (non-hydrogen) atoms. The summed E-state index contributed by atoms with van der Waals surface area (Å²) in [5.41, 5.74) is 5.96. The first kappa shape index (κ1) is 19.2. The Balaban J connectivity index is 1.50. The second-order valence-electron chi connectivity index (χ2n) is 6.91. The van der Waals surface area contributed by atoms with E-state index in [4.69, 9.17) is 10.5 Å². The molecule has 4 rings (SSSR count). The van der Waals surface area contributed by atoms with Gasteiger partial charge in [-0.1, -0.05) is 42.1 Å². The highest BCUT2D eigenvalue weighted by molar-refractivity contribution is 8.00. The maximum Gasteiger partial charge on any atom is 0.315 e. The number of nitrogens with two attached hydrogens (primary N) is 1. The van der Waals surface area contributed by atoms with Gasteiger partial charge in [0.25, 0.3) is 0 Å². The summed E-state index contributed by atoms with van der Waals surface area (Å²) in [6, 6.07) is 9.04. The molecule has 2 fully saturated rings. The zero-order chi connectivity index (χ0) is 19.7. The molecule has 0 bridgehead atoms. The van der Waals surface area contributed by atoms with Gasteiger partial charge in [-0.05, 0) is 16.0 Å². The fourth-order valence-electron chi connectivity index (χ4n) is 3.22. The lowest BCUT2D eigenvalue weighted by Gasteiger charge is -2.53. The number of rotatable bonds is 6. The van der Waals surface area contributed by atoms with Crippen molar-refractivity contribution < 1.29 is 14.3 Å². The number of carbonyl (C=O) groups is 2. The van der Waals surface area contributed by atoms with E-state index in [1.54, 1.807) is 16.6 Å². The summed E-state index contributed by atoms with van der Waals surface area (Å²) in [4.78, 5) is 27.0. The van der Waals surface area contributed by atoms with E-state index in [0.29, 0.717) is 23.2 Å². The van der Waals surface area contributed by atoms with Crippen molar-refractivity contribution in [3.05, 3.63) is 35.9 Å². The Morgan fingerprint density at radius 1 is 1.43 bits per heavy atom. The molecule has 2 saturated heterocycles. The molecule has 0 saturated carbocycles. The molecule has 1 aromatic carbocycles. The molecule has 0 radical (unpaired) electrons. The summed E-state index contributed by atoms with van der Waals surface area (Å²) in [6.07, 6.45) is 0. The second kappa shape index (κ2) is 7.72. The largest absolute Gasteiger partial charge is 0.460 e. The third kappa shape index (κ3) is 3.49. The number of β-lactam (4-membered cyclic amide) rings is 1. The number of tetrazole rings is 1. The number of aryl methyl sites for hydroxylation is 1. The lowest BCUT2D eigenvalue weighted by Crippen LogP contribution is -2.72. The molecule has 2 N–H and O–H groups in total. The number of hydrogen-bond donors (Lipinski definition) is 1. The van der Waals surface area contributed by atoms with Crippen molar-refractivity contribution in [2.75, 3.05) is 18.1 Å². The first-order valence-electron chi connectivity index (χ1n) is 8.74. The maximum atomic E-state index is 13.1. The summed E-state index contributed by atoms with van der Waals surface area (Å²) >= 11 is 2.91. The van der Waals surface area contributed by atoms with Gasteiger partial charge in [-0.15, -0.1) is 16.9 Å². The summed E-state index contributed by atoms with van der Waals surface area (Å²) < 4.78 is 7.20. The minimum atomic E-state index is -0.845. The van der Waals surface area contributed by atoms with Crippen LogP contribution >= 0.6 is 23.5 Å². The van der Waals surface area contributed by atoms with Crippen molar-refractivity contribution in [2.24, 2.45) is 18.2 Å². The molecule has 1 aromatic heterocycles. The first-order chi connectivity index (χ1) is 13.5. The molecule has 2 unspecified atom stereocenters. The van der Waals surface area contributed by atoms with E-state index in [0.717, 1.165) is 5.56 Å². The predicted molar refractivity (Wildman–Crippen MR) is 104 cm³/mol. The summed E-state index contributed by atoms with van der Waals surface area (Å²) in [6.45, 7) is 0.488. The Morgan fingerprint density at radius 3 is 2.93 bits per heavy atom. The standard InChI is InChI=1S/C17H20N6O3S2/c1-22-16(19-20-21-22)28-10-17(8-23-13(24)12(18)14(23)27-9-17)15(25)26-7-11-5-3-2-4-6-11/h2-6,12,14H,7-10,18H2,1H3/t12?,14-,17?/m1/s1. The lowest BCUT2D eigenvalue weighted by molar-refractivity contribution is -0.160. The highest BCUT2D eigenvalue weighted by atomic mass is 32.2. The topological polar surface area (TPSA) is 116 Å². The number of nitrogens with zero attached hydrogens (tertiary/aromatic N) is 5. The van der Waals surface area contributed by atoms with Gasteiger partial charge < -0.3 is 15.4 Å². The third-order valence-electron chi connectivity index (χ3n) is 4.89. The van der Waals surface area contributed by atoms with Crippen LogP contribution in [0.1, 0.15) is 5.56 Å². The molecule has 148 valence electrons. The molecule has 2 aromatic rings. The van der Waals surface area contributed by atoms with Crippen molar-refractivity contribution in [3.8, 4) is 0 Å². The monoisotopic (exact) mass is 420 g/mol. The van der Waals surface area contributed by atoms with Gasteiger partial charge in [0, 0.05) is 25.1 Å². The Morgan fingerprint density at radius 2 is 2.21 bits per heavy atom. The molecule has 11 heteroatoms. The second-order valence-corrected chi connectivity index (χ2v) is 8.96. The van der Waals surface area contributed by atoms with Crippen LogP contribution in [0, 0.1) is 5.41 Å². The number of carbonyl (C=O) groups excluding carboxylic acids is 2. The molecule has 2 aliphatic heterocycles. The van der Waals surface area contributed by atoms with Crippen LogP contribution in [0.15, 0.2) is 35.5 Å². The number of aromatic nitrogens is 4. The van der Waals surface area contributed by atoms with Crippen LogP contribution in [-0.2, 0) is 28.0 Å². The third-order valence-corrected chi connectivity index (χ3v) is 7.80. The average Bonchev–Trinajstić information content (AvgIpc) is 3.15. The van der Waals surface area contributed by atoms with Gasteiger partial charge in [0.15, 0.2) is 0 Å². The highest BCUT2D eigenvalue weighted by Crippen LogP contribution is 2.44. The van der Waals surface area contributed by atoms with E-state index in [2.05, 4.69) is 15.5 Å². The molecule has 3 atom stereocenters. The zero-order valence-corrected chi connectivity index (χ0v) is 16.9. The molecular weight excluding hydrogens is 400 g/mol. The smallest absolute Gasteiger partial charge is 0.315 e. The van der Waals surface area contributed by atoms with Crippen LogP contribution in [-0.4, -0.2) is 66.4 Å². The highest BCUT2D eigenvalue weighted by Gasteiger charge is 2.56. The van der Waals surface area contributed by atoms with Crippen molar-refractivity contribution in [2.45, 2.75) is 23.2 Å². The van der Waals surface area contributed by atoms with Gasteiger partial charge in [0.1, 0.15) is 23.4 Å². The molecule has 0 spiro atoms. The molecule has 9 nitrogen and oxygen atoms in total. The van der Waals surface area contributed by atoms with E-state index >= 15 is 0 Å². The number of benzene rings is 1. The van der Waals surface area contributed by atoms with E-state index in [1.165, 1.54) is 23.5 Å². The van der Waals surface area contributed by atoms with Crippen molar-refractivity contribution in [1.29, 1.82) is 0 Å². The number of amides is 1. The number of fused-ring (bicyclic) bond motifs is 1. The van der Waals surface area contributed by atoms with E-state index < -0.39 is 11.5 Å². The fourth-order valence-corrected chi connectivity index (χ4v) is 5.87. The number of hydrogen-bond acceptors (Lipinski definition) is 9. The van der Waals surface area contributed by atoms with Crippen LogP contribution in [0.5, 0.6) is 0 Å². The van der Waals surface area contributed by atoms with Gasteiger partial charge in [-0.25, -0.2) is 4.68 Å². The quantitative estimate of drug-likeness (QED) is 0.399. The molecule has 2 aliphatic rings. The number of thioether (sulfide) groups is 2. The molecule has 3 heterocycles. The normalized spacial score (nSPS) is 26.5. The van der Waals surface area contributed by atoms with Crippen LogP contribution in [0.25, 0.3) is 0 Å². The molecule has 1 amide bonds. The maximum absolute atomic E-state index is 13.1. The molecule has 0 aliphatic carbocycles. The Hall–Kier alpha value is -2.11. The summed E-state index contributed by atoms with van der Waals surface area (Å²) in [5, 5.41) is 11.9. The zero-order valence-electron chi connectivity index (χ0n) is 15.2. The van der Waals surface area contributed by atoms with Gasteiger partial charge in [-0.3, -0.25) is 9.59 Å². The van der Waals surface area contributed by atoms with Crippen LogP contribution < -0.4 is 5.73 Å². The van der Waals surface area contributed by atoms with Gasteiger partial charge >= 0.3 is 5.97 Å². The average molecular weight is 421 g/mol. The SMILES string of the molecule is Cn1nnnc1SCC1(C(=O)OCc2ccccc2)CS[C@@H]2C(N)C(=O)N2C1. The minimum Gasteiger partial charge on any atom is -0.460 e. The van der Waals surface area contributed by atoms with Crippen molar-refractivity contribution >= 4 is 35.4 Å². The summed E-state index contributed by atoms with van der Waals surface area (Å²) in [5.74, 6) is 0.496. The van der Waals surface area contributed by atoms with Crippen LogP contribution in [0.4, 0.5) is 0 Å². The number of ether oxygens (including phenoxy) is 1. The summed E-state index contributed by atoms with van der Waals surface area (Å²) in [7, 11) is 1.74. The molecular formula is C17H20N6O3S2. The Kier molecular flexibility index (Phi) is 5.30. The number of esters is 1. The van der Waals surface area contributed by atoms with E-state index in [1.807, 2.05) is 30.3 Å². The predicted octanol–water partition coefficient (Wildman–Crippen LogP) is 0.274. The Labute approximate surface area is 170 Å².